The van der Waals surface area contributed by atoms with Crippen LogP contribution in [-0.2, 0) is 20.0 Å². The minimum absolute atomic E-state index is 0.254. The summed E-state index contributed by atoms with van der Waals surface area (Å²) in [4.78, 5) is 13.2. The zero-order valence-electron chi connectivity index (χ0n) is 12.0. The van der Waals surface area contributed by atoms with Gasteiger partial charge in [-0.3, -0.25) is 4.68 Å². The molecule has 0 radical (unpaired) electrons. The first-order valence-electron chi connectivity index (χ1n) is 6.57. The van der Waals surface area contributed by atoms with Crippen LogP contribution in [0.2, 0.25) is 0 Å². The van der Waals surface area contributed by atoms with E-state index in [0.717, 1.165) is 12.1 Å². The molecule has 0 saturated heterocycles. The summed E-state index contributed by atoms with van der Waals surface area (Å²) < 4.78 is 1.61. The standard InChI is InChI=1S/C15H19N3O2/c1-4-11-5-7-12(8-6-11)17(2)10-14-13(15(19)20)9-16-18(14)3/h5-9H,4,10H2,1-3H3,(H,19,20). The third-order valence-electron chi connectivity index (χ3n) is 3.46. The number of nitrogens with zero attached hydrogens (tertiary/aromatic N) is 3. The minimum Gasteiger partial charge on any atom is -0.478 e. The molecule has 0 aliphatic carbocycles. The van der Waals surface area contributed by atoms with Gasteiger partial charge in [-0.25, -0.2) is 4.79 Å². The second-order valence-corrected chi connectivity index (χ2v) is 4.81. The number of rotatable bonds is 5. The molecule has 0 aliphatic rings. The fourth-order valence-electron chi connectivity index (χ4n) is 2.13. The normalized spacial score (nSPS) is 10.6. The first-order chi connectivity index (χ1) is 9.52. The lowest BCUT2D eigenvalue weighted by molar-refractivity contribution is 0.0695. The fraction of sp³-hybridized carbons (Fsp3) is 0.333. The molecular formula is C15H19N3O2. The highest BCUT2D eigenvalue weighted by Crippen LogP contribution is 2.18. The van der Waals surface area contributed by atoms with Crippen molar-refractivity contribution in [2.24, 2.45) is 7.05 Å². The van der Waals surface area contributed by atoms with Crippen molar-refractivity contribution >= 4 is 11.7 Å². The van der Waals surface area contributed by atoms with Crippen LogP contribution in [0.4, 0.5) is 5.69 Å². The summed E-state index contributed by atoms with van der Waals surface area (Å²) in [6.45, 7) is 2.62. The second kappa shape index (κ2) is 5.77. The van der Waals surface area contributed by atoms with Gasteiger partial charge in [0.2, 0.25) is 0 Å². The molecule has 0 bridgehead atoms. The lowest BCUT2D eigenvalue weighted by atomic mass is 10.1. The van der Waals surface area contributed by atoms with Crippen molar-refractivity contribution in [1.82, 2.24) is 9.78 Å². The lowest BCUT2D eigenvalue weighted by Crippen LogP contribution is -2.20. The quantitative estimate of drug-likeness (QED) is 0.908. The van der Waals surface area contributed by atoms with Crippen LogP contribution in [-0.4, -0.2) is 27.9 Å². The largest absolute Gasteiger partial charge is 0.478 e. The molecule has 2 rings (SSSR count). The molecular weight excluding hydrogens is 254 g/mol. The van der Waals surface area contributed by atoms with Crippen LogP contribution in [0.15, 0.2) is 30.5 Å². The highest BCUT2D eigenvalue weighted by atomic mass is 16.4. The maximum atomic E-state index is 11.2. The molecule has 5 heteroatoms. The number of hydrogen-bond donors (Lipinski definition) is 1. The first-order valence-corrected chi connectivity index (χ1v) is 6.57. The van der Waals surface area contributed by atoms with Gasteiger partial charge in [0.1, 0.15) is 5.56 Å². The zero-order chi connectivity index (χ0) is 14.7. The highest BCUT2D eigenvalue weighted by Gasteiger charge is 2.16. The average molecular weight is 273 g/mol. The molecule has 5 nitrogen and oxygen atoms in total. The number of aromatic carboxylic acids is 1. The number of hydrogen-bond acceptors (Lipinski definition) is 3. The molecule has 0 saturated carbocycles. The van der Waals surface area contributed by atoms with Gasteiger partial charge in [0, 0.05) is 19.8 Å². The van der Waals surface area contributed by atoms with E-state index in [9.17, 15) is 4.79 Å². The summed E-state index contributed by atoms with van der Waals surface area (Å²) >= 11 is 0. The van der Waals surface area contributed by atoms with Gasteiger partial charge in [-0.05, 0) is 24.1 Å². The molecule has 1 heterocycles. The number of anilines is 1. The summed E-state index contributed by atoms with van der Waals surface area (Å²) in [6.07, 6.45) is 2.40. The predicted octanol–water partition coefficient (Wildman–Crippen LogP) is 2.32. The Morgan fingerprint density at radius 3 is 2.55 bits per heavy atom. The Morgan fingerprint density at radius 1 is 1.35 bits per heavy atom. The van der Waals surface area contributed by atoms with E-state index < -0.39 is 5.97 Å². The number of carboxylic acids is 1. The monoisotopic (exact) mass is 273 g/mol. The SMILES string of the molecule is CCc1ccc(N(C)Cc2c(C(=O)O)cnn2C)cc1. The van der Waals surface area contributed by atoms with Crippen molar-refractivity contribution in [1.29, 1.82) is 0 Å². The fourth-order valence-corrected chi connectivity index (χ4v) is 2.13. The van der Waals surface area contributed by atoms with Gasteiger partial charge in [-0.15, -0.1) is 0 Å². The van der Waals surface area contributed by atoms with Gasteiger partial charge in [0.05, 0.1) is 18.4 Å². The smallest absolute Gasteiger partial charge is 0.339 e. The molecule has 0 unspecified atom stereocenters. The first kappa shape index (κ1) is 14.1. The topological polar surface area (TPSA) is 58.4 Å². The van der Waals surface area contributed by atoms with Crippen LogP contribution in [0.5, 0.6) is 0 Å². The summed E-state index contributed by atoms with van der Waals surface area (Å²) in [7, 11) is 3.70. The van der Waals surface area contributed by atoms with Crippen molar-refractivity contribution in [2.45, 2.75) is 19.9 Å². The highest BCUT2D eigenvalue weighted by molar-refractivity contribution is 5.88. The van der Waals surface area contributed by atoms with E-state index in [2.05, 4.69) is 36.3 Å². The van der Waals surface area contributed by atoms with Crippen LogP contribution in [0.3, 0.4) is 0 Å². The molecule has 0 atom stereocenters. The van der Waals surface area contributed by atoms with E-state index in [1.54, 1.807) is 11.7 Å². The summed E-state index contributed by atoms with van der Waals surface area (Å²) in [5, 5.41) is 13.2. The van der Waals surface area contributed by atoms with Crippen molar-refractivity contribution < 1.29 is 9.90 Å². The average Bonchev–Trinajstić information content (AvgIpc) is 2.80. The van der Waals surface area contributed by atoms with Gasteiger partial charge in [-0.2, -0.15) is 5.10 Å². The van der Waals surface area contributed by atoms with E-state index in [0.29, 0.717) is 12.2 Å². The van der Waals surface area contributed by atoms with Crippen molar-refractivity contribution in [3.8, 4) is 0 Å². The third kappa shape index (κ3) is 2.82. The molecule has 0 spiro atoms. The molecule has 0 aliphatic heterocycles. The number of carboxylic acid groups (broad SMARTS) is 1. The van der Waals surface area contributed by atoms with Gasteiger partial charge in [0.15, 0.2) is 0 Å². The lowest BCUT2D eigenvalue weighted by Gasteiger charge is -2.20. The van der Waals surface area contributed by atoms with Crippen LogP contribution in [0, 0.1) is 0 Å². The van der Waals surface area contributed by atoms with Gasteiger partial charge in [-0.1, -0.05) is 19.1 Å². The Balaban J connectivity index is 2.20. The zero-order valence-corrected chi connectivity index (χ0v) is 12.0. The van der Waals surface area contributed by atoms with Crippen LogP contribution in [0.25, 0.3) is 0 Å². The Labute approximate surface area is 118 Å². The molecule has 2 aromatic rings. The van der Waals surface area contributed by atoms with E-state index >= 15 is 0 Å². The number of benzene rings is 1. The molecule has 1 aromatic heterocycles. The van der Waals surface area contributed by atoms with E-state index in [1.165, 1.54) is 11.8 Å². The summed E-state index contributed by atoms with van der Waals surface area (Å²) in [6, 6.07) is 8.28. The molecule has 106 valence electrons. The van der Waals surface area contributed by atoms with Gasteiger partial charge < -0.3 is 10.0 Å². The minimum atomic E-state index is -0.942. The maximum absolute atomic E-state index is 11.2. The van der Waals surface area contributed by atoms with Crippen LogP contribution < -0.4 is 4.90 Å². The maximum Gasteiger partial charge on any atom is 0.339 e. The molecule has 1 aromatic carbocycles. The van der Waals surface area contributed by atoms with Crippen LogP contribution >= 0.6 is 0 Å². The van der Waals surface area contributed by atoms with Crippen molar-refractivity contribution in [3.63, 3.8) is 0 Å². The summed E-state index contributed by atoms with van der Waals surface area (Å²) in [5.74, 6) is -0.942. The van der Waals surface area contributed by atoms with Gasteiger partial charge in [0.25, 0.3) is 0 Å². The summed E-state index contributed by atoms with van der Waals surface area (Å²) in [5.41, 5.74) is 3.29. The predicted molar refractivity (Wildman–Crippen MR) is 78.1 cm³/mol. The van der Waals surface area contributed by atoms with Gasteiger partial charge >= 0.3 is 5.97 Å². The number of aromatic nitrogens is 2. The Bertz CT molecular complexity index is 602. The molecule has 0 amide bonds. The molecule has 1 N–H and O–H groups in total. The van der Waals surface area contributed by atoms with Crippen LogP contribution in [0.1, 0.15) is 28.5 Å². The molecule has 0 fully saturated rings. The number of carbonyl (C=O) groups is 1. The van der Waals surface area contributed by atoms with E-state index in [1.807, 2.05) is 11.9 Å². The number of aryl methyl sites for hydroxylation is 2. The third-order valence-corrected chi connectivity index (χ3v) is 3.46. The van der Waals surface area contributed by atoms with E-state index in [-0.39, 0.29) is 5.56 Å². The Morgan fingerprint density at radius 2 is 2.00 bits per heavy atom. The second-order valence-electron chi connectivity index (χ2n) is 4.81. The Hall–Kier alpha value is -2.30. The van der Waals surface area contributed by atoms with Crippen molar-refractivity contribution in [3.05, 3.63) is 47.3 Å². The Kier molecular flexibility index (Phi) is 4.08. The van der Waals surface area contributed by atoms with E-state index in [4.69, 9.17) is 5.11 Å². The molecule has 20 heavy (non-hydrogen) atoms. The van der Waals surface area contributed by atoms with Crippen molar-refractivity contribution in [2.75, 3.05) is 11.9 Å².